The van der Waals surface area contributed by atoms with Crippen LogP contribution < -0.4 is 5.73 Å². The first kappa shape index (κ1) is 23.7. The Kier molecular flexibility index (Phi) is 7.76. The van der Waals surface area contributed by atoms with Gasteiger partial charge in [-0.05, 0) is 63.5 Å². The van der Waals surface area contributed by atoms with Crippen molar-refractivity contribution in [3.63, 3.8) is 0 Å². The zero-order chi connectivity index (χ0) is 22.6. The van der Waals surface area contributed by atoms with Gasteiger partial charge in [0.05, 0.1) is 5.69 Å². The van der Waals surface area contributed by atoms with Gasteiger partial charge in [0.15, 0.2) is 0 Å². The molecule has 1 aliphatic carbocycles. The van der Waals surface area contributed by atoms with Crippen LogP contribution in [0.2, 0.25) is 0 Å². The molecule has 0 saturated heterocycles. The molecule has 3 aromatic rings. The fraction of sp³-hybridized carbons (Fsp3) is 0.520. The van der Waals surface area contributed by atoms with Crippen LogP contribution >= 0.6 is 22.7 Å². The molecule has 0 saturated carbocycles. The second-order valence-electron chi connectivity index (χ2n) is 8.68. The number of thiophene rings is 2. The minimum absolute atomic E-state index is 0.362. The van der Waals surface area contributed by atoms with Crippen LogP contribution in [0.15, 0.2) is 17.5 Å². The van der Waals surface area contributed by atoms with Gasteiger partial charge in [-0.2, -0.15) is 0 Å². The molecule has 6 heteroatoms. The maximum atomic E-state index is 12.8. The first-order valence-electron chi connectivity index (χ1n) is 11.4. The van der Waals surface area contributed by atoms with Crippen LogP contribution in [0.4, 0.5) is 5.69 Å². The summed E-state index contributed by atoms with van der Waals surface area (Å²) in [7, 11) is 0. The summed E-state index contributed by atoms with van der Waals surface area (Å²) in [5.74, 6) is -0.362. The number of carbonyl (C=O) groups excluding carboxylic acids is 1. The van der Waals surface area contributed by atoms with E-state index in [0.717, 1.165) is 29.5 Å². The highest BCUT2D eigenvalue weighted by atomic mass is 32.1. The SMILES string of the molecule is CC.CC(C)(C)OC(=O)c1sc2nc3c(c(-c4cccs4)c2c1N)CCCCCCC3. The lowest BCUT2D eigenvalue weighted by molar-refractivity contribution is 0.00764. The van der Waals surface area contributed by atoms with E-state index >= 15 is 0 Å². The van der Waals surface area contributed by atoms with Gasteiger partial charge in [0.1, 0.15) is 15.3 Å². The Morgan fingerprint density at radius 3 is 2.42 bits per heavy atom. The van der Waals surface area contributed by atoms with Gasteiger partial charge in [-0.1, -0.05) is 39.2 Å². The summed E-state index contributed by atoms with van der Waals surface area (Å²) in [6.45, 7) is 9.62. The van der Waals surface area contributed by atoms with Crippen LogP contribution in [0.5, 0.6) is 0 Å². The number of esters is 1. The topological polar surface area (TPSA) is 65.2 Å². The van der Waals surface area contributed by atoms with Crippen molar-refractivity contribution in [1.29, 1.82) is 0 Å². The lowest BCUT2D eigenvalue weighted by atomic mass is 9.95. The van der Waals surface area contributed by atoms with Gasteiger partial charge in [-0.3, -0.25) is 0 Å². The number of rotatable bonds is 2. The van der Waals surface area contributed by atoms with Crippen LogP contribution in [0.25, 0.3) is 20.7 Å². The molecule has 0 bridgehead atoms. The van der Waals surface area contributed by atoms with Crippen LogP contribution in [0.3, 0.4) is 0 Å². The second-order valence-corrected chi connectivity index (χ2v) is 10.6. The van der Waals surface area contributed by atoms with Crippen LogP contribution in [-0.4, -0.2) is 16.6 Å². The molecule has 0 atom stereocenters. The van der Waals surface area contributed by atoms with Crippen molar-refractivity contribution < 1.29 is 9.53 Å². The zero-order valence-corrected chi connectivity index (χ0v) is 21.0. The number of aryl methyl sites for hydroxylation is 1. The quantitative estimate of drug-likeness (QED) is 0.401. The Morgan fingerprint density at radius 2 is 1.77 bits per heavy atom. The van der Waals surface area contributed by atoms with Crippen LogP contribution in [-0.2, 0) is 17.6 Å². The summed E-state index contributed by atoms with van der Waals surface area (Å²) in [6, 6.07) is 4.22. The van der Waals surface area contributed by atoms with Gasteiger partial charge in [-0.25, -0.2) is 9.78 Å². The van der Waals surface area contributed by atoms with E-state index in [1.165, 1.54) is 58.7 Å². The molecule has 0 unspecified atom stereocenters. The standard InChI is InChI=1S/C23H28N2O2S2.C2H6/c1-23(2,3)27-22(26)20-19(24)18-17(16-12-9-13-28-16)14-10-7-5-4-6-8-11-15(14)25-21(18)29-20;1-2/h9,12-13H,4-8,10-11,24H2,1-3H3;1-2H3. The number of ether oxygens (including phenoxy) is 1. The molecule has 168 valence electrons. The molecule has 4 nitrogen and oxygen atoms in total. The minimum Gasteiger partial charge on any atom is -0.456 e. The summed E-state index contributed by atoms with van der Waals surface area (Å²) in [6.07, 6.45) is 8.14. The first-order valence-corrected chi connectivity index (χ1v) is 13.1. The molecule has 2 N–H and O–H groups in total. The van der Waals surface area contributed by atoms with E-state index in [1.54, 1.807) is 11.3 Å². The molecule has 0 amide bonds. The molecule has 0 aromatic carbocycles. The Bertz CT molecular complexity index is 1030. The maximum Gasteiger partial charge on any atom is 0.351 e. The average Bonchev–Trinajstić information content (AvgIpc) is 3.37. The van der Waals surface area contributed by atoms with Crippen molar-refractivity contribution in [2.24, 2.45) is 0 Å². The molecular weight excluding hydrogens is 424 g/mol. The van der Waals surface area contributed by atoms with Gasteiger partial charge >= 0.3 is 5.97 Å². The Labute approximate surface area is 193 Å². The summed E-state index contributed by atoms with van der Waals surface area (Å²) < 4.78 is 5.61. The lowest BCUT2D eigenvalue weighted by Crippen LogP contribution is -2.23. The second kappa shape index (κ2) is 10.1. The van der Waals surface area contributed by atoms with Crippen molar-refractivity contribution in [2.45, 2.75) is 85.2 Å². The fourth-order valence-electron chi connectivity index (χ4n) is 4.01. The van der Waals surface area contributed by atoms with Crippen LogP contribution in [0.1, 0.15) is 87.7 Å². The molecule has 3 aromatic heterocycles. The molecule has 3 heterocycles. The molecule has 0 radical (unpaired) electrons. The van der Waals surface area contributed by atoms with Crippen molar-refractivity contribution in [3.8, 4) is 10.4 Å². The van der Waals surface area contributed by atoms with E-state index in [-0.39, 0.29) is 5.97 Å². The highest BCUT2D eigenvalue weighted by molar-refractivity contribution is 7.21. The summed E-state index contributed by atoms with van der Waals surface area (Å²) in [5.41, 5.74) is 10.2. The minimum atomic E-state index is -0.559. The summed E-state index contributed by atoms with van der Waals surface area (Å²) in [4.78, 5) is 20.4. The molecule has 0 spiro atoms. The molecule has 0 aliphatic heterocycles. The lowest BCUT2D eigenvalue weighted by Gasteiger charge is -2.19. The summed E-state index contributed by atoms with van der Waals surface area (Å²) >= 11 is 3.09. The van der Waals surface area contributed by atoms with Crippen molar-refractivity contribution in [3.05, 3.63) is 33.6 Å². The highest BCUT2D eigenvalue weighted by Crippen LogP contribution is 2.44. The third kappa shape index (κ3) is 5.29. The number of nitrogens with zero attached hydrogens (tertiary/aromatic N) is 1. The molecular formula is C25H34N2O2S2. The molecule has 4 rings (SSSR count). The van der Waals surface area contributed by atoms with Gasteiger partial charge < -0.3 is 10.5 Å². The Morgan fingerprint density at radius 1 is 1.10 bits per heavy atom. The highest BCUT2D eigenvalue weighted by Gasteiger charge is 2.27. The monoisotopic (exact) mass is 458 g/mol. The van der Waals surface area contributed by atoms with E-state index in [0.29, 0.717) is 10.6 Å². The van der Waals surface area contributed by atoms with Crippen LogP contribution in [0, 0.1) is 0 Å². The number of anilines is 1. The smallest absolute Gasteiger partial charge is 0.351 e. The van der Waals surface area contributed by atoms with E-state index in [9.17, 15) is 4.79 Å². The average molecular weight is 459 g/mol. The van der Waals surface area contributed by atoms with Gasteiger partial charge in [0.25, 0.3) is 0 Å². The van der Waals surface area contributed by atoms with E-state index in [2.05, 4.69) is 17.5 Å². The van der Waals surface area contributed by atoms with Gasteiger partial charge in [-0.15, -0.1) is 22.7 Å². The largest absolute Gasteiger partial charge is 0.456 e. The number of hydrogen-bond acceptors (Lipinski definition) is 6. The third-order valence-corrected chi connectivity index (χ3v) is 7.22. The van der Waals surface area contributed by atoms with Crippen molar-refractivity contribution in [2.75, 3.05) is 5.73 Å². The van der Waals surface area contributed by atoms with E-state index < -0.39 is 5.60 Å². The maximum absolute atomic E-state index is 12.8. The Balaban J connectivity index is 0.00000132. The number of fused-ring (bicyclic) bond motifs is 2. The van der Waals surface area contributed by atoms with E-state index in [4.69, 9.17) is 15.5 Å². The number of hydrogen-bond donors (Lipinski definition) is 1. The number of aromatic nitrogens is 1. The first-order chi connectivity index (χ1) is 14.8. The summed E-state index contributed by atoms with van der Waals surface area (Å²) in [5, 5.41) is 3.02. The number of nitrogen functional groups attached to an aromatic ring is 1. The van der Waals surface area contributed by atoms with Crippen molar-refractivity contribution >= 4 is 44.5 Å². The number of nitrogens with two attached hydrogens (primary N) is 1. The van der Waals surface area contributed by atoms with Crippen molar-refractivity contribution in [1.82, 2.24) is 4.98 Å². The number of carbonyl (C=O) groups is 1. The van der Waals surface area contributed by atoms with Gasteiger partial charge in [0, 0.05) is 21.5 Å². The third-order valence-electron chi connectivity index (χ3n) is 5.26. The zero-order valence-electron chi connectivity index (χ0n) is 19.3. The molecule has 1 aliphatic rings. The molecule has 31 heavy (non-hydrogen) atoms. The molecule has 0 fully saturated rings. The number of pyridine rings is 1. The predicted octanol–water partition coefficient (Wildman–Crippen LogP) is 7.64. The Hall–Kier alpha value is -1.92. The predicted molar refractivity (Wildman–Crippen MR) is 134 cm³/mol. The fourth-order valence-corrected chi connectivity index (χ4v) is 5.81. The normalized spacial score (nSPS) is 14.6. The van der Waals surface area contributed by atoms with E-state index in [1.807, 2.05) is 34.6 Å². The van der Waals surface area contributed by atoms with Gasteiger partial charge in [0.2, 0.25) is 0 Å².